The van der Waals surface area contributed by atoms with E-state index < -0.39 is 59.0 Å². The maximum atomic E-state index is 11.8. The quantitative estimate of drug-likeness (QED) is 0.271. The molecule has 26 heavy (non-hydrogen) atoms. The lowest BCUT2D eigenvalue weighted by molar-refractivity contribution is -0.222. The fourth-order valence-corrected chi connectivity index (χ4v) is 3.08. The number of ether oxygens (including phenoxy) is 2. The molecular formula is C13H13NO10S2. The molecule has 1 aromatic rings. The van der Waals surface area contributed by atoms with Gasteiger partial charge in [0.05, 0.1) is 10.6 Å². The predicted molar refractivity (Wildman–Crippen MR) is 84.0 cm³/mol. The molecule has 0 spiro atoms. The monoisotopic (exact) mass is 407 g/mol. The number of rotatable bonds is 4. The number of carbonyl (C=O) groups excluding carboxylic acids is 2. The number of hydrogen-bond acceptors (Lipinski definition) is 9. The third-order valence-electron chi connectivity index (χ3n) is 3.02. The van der Waals surface area contributed by atoms with E-state index in [2.05, 4.69) is 5.32 Å². The highest BCUT2D eigenvalue weighted by Gasteiger charge is 2.39. The van der Waals surface area contributed by atoms with Crippen LogP contribution in [0.25, 0.3) is 0 Å². The predicted octanol–water partition coefficient (Wildman–Crippen LogP) is 0.312. The summed E-state index contributed by atoms with van der Waals surface area (Å²) < 4.78 is 73.0. The first-order valence-electron chi connectivity index (χ1n) is 6.73. The van der Waals surface area contributed by atoms with Gasteiger partial charge in [0.25, 0.3) is 26.0 Å². The number of esters is 2. The summed E-state index contributed by atoms with van der Waals surface area (Å²) in [5.74, 6) is -3.63. The van der Waals surface area contributed by atoms with Crippen LogP contribution in [0.3, 0.4) is 0 Å². The molecule has 0 radical (unpaired) electrons. The van der Waals surface area contributed by atoms with Crippen molar-refractivity contribution in [3.63, 3.8) is 0 Å². The third kappa shape index (κ3) is 4.37. The molecule has 1 heterocycles. The van der Waals surface area contributed by atoms with Crippen LogP contribution in [0.4, 0.5) is 5.69 Å². The Morgan fingerprint density at radius 1 is 1.00 bits per heavy atom. The molecule has 0 aromatic heterocycles. The van der Waals surface area contributed by atoms with Crippen molar-refractivity contribution in [1.82, 2.24) is 0 Å². The first-order valence-corrected chi connectivity index (χ1v) is 9.61. The lowest BCUT2D eigenvalue weighted by Crippen LogP contribution is -2.42. The standard InChI is InChI=1S/C13H13NO10S2/c1-13(2)23-11(15)8(12(16)24-13)6-14-9-5-7(25(17,18)19)3-4-10(9)26(20,21)22/h3-6,14H,1-2H3,(H,17,18,19)(H,20,21,22). The molecule has 0 aliphatic carbocycles. The second-order valence-electron chi connectivity index (χ2n) is 5.49. The molecular weight excluding hydrogens is 394 g/mol. The number of benzene rings is 1. The minimum atomic E-state index is -4.79. The average Bonchev–Trinajstić information content (AvgIpc) is 2.42. The number of cyclic esters (lactones) is 2. The Hall–Kier alpha value is -2.48. The van der Waals surface area contributed by atoms with Crippen LogP contribution in [-0.4, -0.2) is 43.7 Å². The SMILES string of the molecule is CC1(C)OC(=O)C(=CNc2cc(S(=O)(=O)O)ccc2S(=O)(=O)O)C(=O)O1. The summed E-state index contributed by atoms with van der Waals surface area (Å²) in [5.41, 5.74) is -1.16. The third-order valence-corrected chi connectivity index (χ3v) is 4.78. The molecule has 3 N–H and O–H groups in total. The highest BCUT2D eigenvalue weighted by molar-refractivity contribution is 7.86. The van der Waals surface area contributed by atoms with Crippen molar-refractivity contribution in [2.24, 2.45) is 0 Å². The Kier molecular flexibility index (Phi) is 4.85. The van der Waals surface area contributed by atoms with Gasteiger partial charge in [0.1, 0.15) is 4.90 Å². The van der Waals surface area contributed by atoms with Gasteiger partial charge in [0.15, 0.2) is 5.57 Å². The van der Waals surface area contributed by atoms with E-state index in [9.17, 15) is 31.0 Å². The first kappa shape index (κ1) is 19.8. The minimum absolute atomic E-state index is 0.527. The number of nitrogens with one attached hydrogen (secondary N) is 1. The van der Waals surface area contributed by atoms with E-state index >= 15 is 0 Å². The van der Waals surface area contributed by atoms with Crippen LogP contribution in [0.15, 0.2) is 39.8 Å². The second kappa shape index (κ2) is 6.35. The van der Waals surface area contributed by atoms with Crippen molar-refractivity contribution in [2.45, 2.75) is 29.4 Å². The highest BCUT2D eigenvalue weighted by atomic mass is 32.2. The molecule has 1 aromatic carbocycles. The topological polar surface area (TPSA) is 173 Å². The van der Waals surface area contributed by atoms with E-state index in [-0.39, 0.29) is 0 Å². The van der Waals surface area contributed by atoms with Crippen molar-refractivity contribution in [3.8, 4) is 0 Å². The zero-order valence-corrected chi connectivity index (χ0v) is 14.9. The van der Waals surface area contributed by atoms with Gasteiger partial charge in [-0.1, -0.05) is 0 Å². The Balaban J connectivity index is 2.48. The van der Waals surface area contributed by atoms with Crippen molar-refractivity contribution < 1.29 is 45.0 Å². The summed E-state index contributed by atoms with van der Waals surface area (Å²) in [6, 6.07) is 2.13. The Bertz CT molecular complexity index is 999. The maximum absolute atomic E-state index is 11.8. The van der Waals surface area contributed by atoms with Crippen molar-refractivity contribution in [1.29, 1.82) is 0 Å². The summed E-state index contributed by atoms with van der Waals surface area (Å²) >= 11 is 0. The molecule has 142 valence electrons. The van der Waals surface area contributed by atoms with E-state index in [1.165, 1.54) is 13.8 Å². The minimum Gasteiger partial charge on any atom is -0.419 e. The van der Waals surface area contributed by atoms with Gasteiger partial charge < -0.3 is 14.8 Å². The van der Waals surface area contributed by atoms with Gasteiger partial charge >= 0.3 is 11.9 Å². The van der Waals surface area contributed by atoms with Crippen LogP contribution in [-0.2, 0) is 39.3 Å². The van der Waals surface area contributed by atoms with Crippen LogP contribution in [0.5, 0.6) is 0 Å². The van der Waals surface area contributed by atoms with Crippen molar-refractivity contribution in [3.05, 3.63) is 30.0 Å². The summed E-state index contributed by atoms with van der Waals surface area (Å²) in [7, 11) is -9.48. The fourth-order valence-electron chi connectivity index (χ4n) is 1.94. The van der Waals surface area contributed by atoms with E-state index in [1.807, 2.05) is 0 Å². The number of carbonyl (C=O) groups is 2. The number of hydrogen-bond donors (Lipinski definition) is 3. The van der Waals surface area contributed by atoms with Crippen LogP contribution in [0.2, 0.25) is 0 Å². The average molecular weight is 407 g/mol. The normalized spacial score (nSPS) is 17.3. The van der Waals surface area contributed by atoms with Crippen molar-refractivity contribution in [2.75, 3.05) is 5.32 Å². The van der Waals surface area contributed by atoms with Gasteiger partial charge in [-0.3, -0.25) is 9.11 Å². The molecule has 0 bridgehead atoms. The molecule has 0 atom stereocenters. The lowest BCUT2D eigenvalue weighted by atomic mass is 10.2. The van der Waals surface area contributed by atoms with Crippen LogP contribution < -0.4 is 5.32 Å². The van der Waals surface area contributed by atoms with E-state index in [0.29, 0.717) is 12.1 Å². The molecule has 1 aliphatic rings. The first-order chi connectivity index (χ1) is 11.7. The van der Waals surface area contributed by atoms with Crippen LogP contribution >= 0.6 is 0 Å². The zero-order valence-electron chi connectivity index (χ0n) is 13.3. The molecule has 0 unspecified atom stereocenters. The lowest BCUT2D eigenvalue weighted by Gasteiger charge is -2.29. The van der Waals surface area contributed by atoms with Crippen molar-refractivity contribution >= 4 is 37.9 Å². The molecule has 13 heteroatoms. The van der Waals surface area contributed by atoms with E-state index in [4.69, 9.17) is 14.0 Å². The molecule has 1 saturated heterocycles. The van der Waals surface area contributed by atoms with Crippen LogP contribution in [0, 0.1) is 0 Å². The Morgan fingerprint density at radius 2 is 1.54 bits per heavy atom. The largest absolute Gasteiger partial charge is 0.419 e. The Labute approximate surface area is 148 Å². The van der Waals surface area contributed by atoms with Gasteiger partial charge in [-0.2, -0.15) is 16.8 Å². The van der Waals surface area contributed by atoms with Gasteiger partial charge in [0, 0.05) is 20.0 Å². The van der Waals surface area contributed by atoms with Gasteiger partial charge in [-0.15, -0.1) is 0 Å². The summed E-state index contributed by atoms with van der Waals surface area (Å²) in [6.07, 6.45) is 0.720. The summed E-state index contributed by atoms with van der Waals surface area (Å²) in [6.45, 7) is 2.64. The Morgan fingerprint density at radius 3 is 2.00 bits per heavy atom. The molecule has 0 saturated carbocycles. The van der Waals surface area contributed by atoms with E-state index in [0.717, 1.165) is 12.3 Å². The van der Waals surface area contributed by atoms with Gasteiger partial charge in [0.2, 0.25) is 0 Å². The molecule has 2 rings (SSSR count). The smallest absolute Gasteiger partial charge is 0.350 e. The van der Waals surface area contributed by atoms with Gasteiger partial charge in [-0.25, -0.2) is 9.59 Å². The summed E-state index contributed by atoms with van der Waals surface area (Å²) in [5, 5.41) is 2.21. The fraction of sp³-hybridized carbons (Fsp3) is 0.231. The van der Waals surface area contributed by atoms with Crippen LogP contribution in [0.1, 0.15) is 13.8 Å². The van der Waals surface area contributed by atoms with E-state index in [1.54, 1.807) is 0 Å². The molecule has 11 nitrogen and oxygen atoms in total. The van der Waals surface area contributed by atoms with Gasteiger partial charge in [-0.05, 0) is 18.2 Å². The second-order valence-corrected chi connectivity index (χ2v) is 8.30. The zero-order chi connectivity index (χ0) is 19.9. The molecule has 0 amide bonds. The highest BCUT2D eigenvalue weighted by Crippen LogP contribution is 2.27. The molecule has 1 fully saturated rings. The number of anilines is 1. The summed E-state index contributed by atoms with van der Waals surface area (Å²) in [4.78, 5) is 22.2. The maximum Gasteiger partial charge on any atom is 0.350 e. The molecule has 1 aliphatic heterocycles.